The van der Waals surface area contributed by atoms with E-state index in [0.717, 1.165) is 13.2 Å². The third kappa shape index (κ3) is 4.01. The Labute approximate surface area is 125 Å². The first-order valence-electron chi connectivity index (χ1n) is 6.12. The predicted octanol–water partition coefficient (Wildman–Crippen LogP) is 0.464. The second-order valence-electron chi connectivity index (χ2n) is 4.06. The molecule has 0 fully saturated rings. The number of carbonyl (C=O) groups is 3. The van der Waals surface area contributed by atoms with Crippen LogP contribution in [0.4, 0.5) is 5.69 Å². The monoisotopic (exact) mass is 310 g/mol. The van der Waals surface area contributed by atoms with Crippen molar-refractivity contribution in [3.05, 3.63) is 33.9 Å². The highest BCUT2D eigenvalue weighted by molar-refractivity contribution is 5.88. The second-order valence-corrected chi connectivity index (χ2v) is 4.06. The Kier molecular flexibility index (Phi) is 5.99. The van der Waals surface area contributed by atoms with Gasteiger partial charge in [0, 0.05) is 13.1 Å². The Morgan fingerprint density at radius 2 is 2.14 bits per heavy atom. The molecule has 0 aliphatic heterocycles. The van der Waals surface area contributed by atoms with E-state index in [2.05, 4.69) is 10.1 Å². The summed E-state index contributed by atoms with van der Waals surface area (Å²) in [6.45, 7) is 0. The van der Waals surface area contributed by atoms with Crippen LogP contribution in [0.5, 0.6) is 5.75 Å². The largest absolute Gasteiger partial charge is 0.479 e. The van der Waals surface area contributed by atoms with Gasteiger partial charge in [-0.25, -0.2) is 0 Å². The summed E-state index contributed by atoms with van der Waals surface area (Å²) in [7, 11) is 2.48. The molecule has 0 spiro atoms. The molecule has 1 aromatic rings. The third-order valence-corrected chi connectivity index (χ3v) is 2.75. The number of nitro benzene ring substituents is 1. The van der Waals surface area contributed by atoms with Crippen molar-refractivity contribution < 1.29 is 28.8 Å². The number of methoxy groups -OCH3 is 1. The topological polar surface area (TPSA) is 125 Å². The summed E-state index contributed by atoms with van der Waals surface area (Å²) >= 11 is 0. The second kappa shape index (κ2) is 7.72. The quantitative estimate of drug-likeness (QED) is 0.336. The summed E-state index contributed by atoms with van der Waals surface area (Å²) in [4.78, 5) is 44.2. The first kappa shape index (κ1) is 17.1. The van der Waals surface area contributed by atoms with Crippen molar-refractivity contribution in [1.82, 2.24) is 5.32 Å². The zero-order valence-electron chi connectivity index (χ0n) is 11.9. The third-order valence-electron chi connectivity index (χ3n) is 2.75. The van der Waals surface area contributed by atoms with Gasteiger partial charge in [-0.05, 0) is 6.07 Å². The van der Waals surface area contributed by atoms with E-state index in [0.29, 0.717) is 0 Å². The lowest BCUT2D eigenvalue weighted by Crippen LogP contribution is -2.38. The normalized spacial score (nSPS) is 11.2. The maximum absolute atomic E-state index is 11.7. The molecular weight excluding hydrogens is 296 g/mol. The fraction of sp³-hybridized carbons (Fsp3) is 0.308. The highest BCUT2D eigenvalue weighted by Gasteiger charge is 2.26. The molecule has 0 saturated carbocycles. The highest BCUT2D eigenvalue weighted by Crippen LogP contribution is 2.27. The van der Waals surface area contributed by atoms with E-state index in [1.165, 1.54) is 19.2 Å². The maximum Gasteiger partial charge on any atom is 0.309 e. The van der Waals surface area contributed by atoms with E-state index in [4.69, 9.17) is 4.74 Å². The minimum Gasteiger partial charge on any atom is -0.479 e. The summed E-state index contributed by atoms with van der Waals surface area (Å²) in [5.74, 6) is -1.50. The number of hydrogen-bond donors (Lipinski definition) is 1. The molecule has 1 unspecified atom stereocenters. The molecule has 0 aliphatic carbocycles. The Balaban J connectivity index is 3.15. The van der Waals surface area contributed by atoms with Gasteiger partial charge >= 0.3 is 5.97 Å². The predicted molar refractivity (Wildman–Crippen MR) is 73.6 cm³/mol. The lowest BCUT2D eigenvalue weighted by atomic mass is 10.1. The average molecular weight is 310 g/mol. The van der Waals surface area contributed by atoms with Gasteiger partial charge in [0.2, 0.25) is 0 Å². The number of nitrogens with one attached hydrogen (secondary N) is 1. The van der Waals surface area contributed by atoms with Crippen molar-refractivity contribution in [2.75, 3.05) is 14.2 Å². The smallest absolute Gasteiger partial charge is 0.309 e. The number of likely N-dealkylation sites (N-methyl/N-ethyl adjacent to an activating group) is 1. The molecule has 118 valence electrons. The number of carbonyl (C=O) groups excluding carboxylic acids is 3. The van der Waals surface area contributed by atoms with Gasteiger partial charge in [-0.15, -0.1) is 0 Å². The number of nitrogens with zero attached hydrogens (tertiary/aromatic N) is 1. The summed E-state index contributed by atoms with van der Waals surface area (Å²) < 4.78 is 9.76. The van der Waals surface area contributed by atoms with Crippen molar-refractivity contribution in [3.8, 4) is 5.75 Å². The van der Waals surface area contributed by atoms with E-state index in [1.807, 2.05) is 0 Å². The van der Waals surface area contributed by atoms with E-state index < -0.39 is 35.0 Å². The van der Waals surface area contributed by atoms with Crippen LogP contribution >= 0.6 is 0 Å². The van der Waals surface area contributed by atoms with E-state index in [9.17, 15) is 24.5 Å². The molecule has 22 heavy (non-hydrogen) atoms. The van der Waals surface area contributed by atoms with E-state index in [-0.39, 0.29) is 17.6 Å². The number of nitro groups is 1. The fourth-order valence-corrected chi connectivity index (χ4v) is 1.65. The van der Waals surface area contributed by atoms with Crippen LogP contribution in [0.2, 0.25) is 0 Å². The number of aldehydes is 1. The SMILES string of the molecule is CNC(=O)C(CC(=O)OC)Oc1cccc([N+](=O)[O-])c1C=O. The molecule has 1 rings (SSSR count). The first-order valence-corrected chi connectivity index (χ1v) is 6.12. The lowest BCUT2D eigenvalue weighted by Gasteiger charge is -2.17. The number of esters is 1. The van der Waals surface area contributed by atoms with Crippen molar-refractivity contribution in [3.63, 3.8) is 0 Å². The first-order chi connectivity index (χ1) is 10.4. The van der Waals surface area contributed by atoms with Crippen LogP contribution in [-0.2, 0) is 14.3 Å². The number of hydrogen-bond acceptors (Lipinski definition) is 7. The summed E-state index contributed by atoms with van der Waals surface area (Å²) in [6, 6.07) is 3.73. The fourth-order valence-electron chi connectivity index (χ4n) is 1.65. The van der Waals surface area contributed by atoms with Crippen LogP contribution in [0.15, 0.2) is 18.2 Å². The summed E-state index contributed by atoms with van der Waals surface area (Å²) in [5, 5.41) is 13.2. The molecule has 1 N–H and O–H groups in total. The van der Waals surface area contributed by atoms with Gasteiger partial charge < -0.3 is 14.8 Å². The minimum atomic E-state index is -1.28. The van der Waals surface area contributed by atoms with Crippen LogP contribution in [-0.4, -0.2) is 43.3 Å². The number of rotatable bonds is 7. The van der Waals surface area contributed by atoms with E-state index in [1.54, 1.807) is 0 Å². The van der Waals surface area contributed by atoms with Crippen LogP contribution in [0.25, 0.3) is 0 Å². The average Bonchev–Trinajstić information content (AvgIpc) is 2.52. The van der Waals surface area contributed by atoms with Crippen molar-refractivity contribution in [2.24, 2.45) is 0 Å². The van der Waals surface area contributed by atoms with Gasteiger partial charge in [0.25, 0.3) is 11.6 Å². The Morgan fingerprint density at radius 1 is 1.45 bits per heavy atom. The summed E-state index contributed by atoms with van der Waals surface area (Å²) in [5.41, 5.74) is -0.771. The summed E-state index contributed by atoms with van der Waals surface area (Å²) in [6.07, 6.45) is -1.43. The van der Waals surface area contributed by atoms with Crippen LogP contribution in [0, 0.1) is 10.1 Å². The molecule has 1 atom stereocenters. The van der Waals surface area contributed by atoms with Crippen molar-refractivity contribution in [1.29, 1.82) is 0 Å². The van der Waals surface area contributed by atoms with E-state index >= 15 is 0 Å². The minimum absolute atomic E-state index is 0.165. The number of ether oxygens (including phenoxy) is 2. The lowest BCUT2D eigenvalue weighted by molar-refractivity contribution is -0.385. The van der Waals surface area contributed by atoms with Crippen LogP contribution in [0.1, 0.15) is 16.8 Å². The van der Waals surface area contributed by atoms with Gasteiger partial charge in [0.15, 0.2) is 12.4 Å². The molecule has 1 aromatic carbocycles. The maximum atomic E-state index is 11.7. The van der Waals surface area contributed by atoms with Gasteiger partial charge in [-0.3, -0.25) is 24.5 Å². The van der Waals surface area contributed by atoms with Crippen LogP contribution in [0.3, 0.4) is 0 Å². The highest BCUT2D eigenvalue weighted by atomic mass is 16.6. The van der Waals surface area contributed by atoms with Gasteiger partial charge in [0.05, 0.1) is 18.5 Å². The van der Waals surface area contributed by atoms with Crippen LogP contribution < -0.4 is 10.1 Å². The molecule has 9 nitrogen and oxygen atoms in total. The van der Waals surface area contributed by atoms with Crippen molar-refractivity contribution in [2.45, 2.75) is 12.5 Å². The molecule has 0 bridgehead atoms. The number of amides is 1. The molecular formula is C13H14N2O7. The Morgan fingerprint density at radius 3 is 2.64 bits per heavy atom. The molecule has 0 heterocycles. The molecule has 1 amide bonds. The molecule has 0 saturated heterocycles. The van der Waals surface area contributed by atoms with Gasteiger partial charge in [0.1, 0.15) is 11.3 Å². The number of benzene rings is 1. The zero-order chi connectivity index (χ0) is 16.7. The van der Waals surface area contributed by atoms with Gasteiger partial charge in [-0.2, -0.15) is 0 Å². The zero-order valence-corrected chi connectivity index (χ0v) is 11.9. The Bertz CT molecular complexity index is 600. The molecule has 0 radical (unpaired) electrons. The van der Waals surface area contributed by atoms with Gasteiger partial charge in [-0.1, -0.05) is 6.07 Å². The molecule has 0 aliphatic rings. The van der Waals surface area contributed by atoms with Crippen molar-refractivity contribution >= 4 is 23.9 Å². The Hall–Kier alpha value is -2.97. The molecule has 0 aromatic heterocycles. The molecule has 9 heteroatoms. The standard InChI is InChI=1S/C13H14N2O7/c1-14-13(18)11(6-12(17)21-2)22-10-5-3-4-9(15(19)20)8(10)7-16/h3-5,7,11H,6H2,1-2H3,(H,14,18).